The fourth-order valence-electron chi connectivity index (χ4n) is 1.57. The first-order valence-electron chi connectivity index (χ1n) is 5.39. The van der Waals surface area contributed by atoms with Crippen LogP contribution in [0.1, 0.15) is 11.1 Å². The number of nitrogens with zero attached hydrogens (tertiary/aromatic N) is 2. The Morgan fingerprint density at radius 2 is 1.95 bits per heavy atom. The Bertz CT molecular complexity index is 596. The second-order valence-corrected chi connectivity index (χ2v) is 3.96. The Morgan fingerprint density at radius 1 is 1.21 bits per heavy atom. The molecule has 0 amide bonds. The van der Waals surface area contributed by atoms with E-state index in [1.54, 1.807) is 0 Å². The molecule has 2 aromatic rings. The number of aryl methyl sites for hydroxylation is 1. The van der Waals surface area contributed by atoms with Crippen molar-refractivity contribution in [2.75, 3.05) is 11.1 Å². The van der Waals surface area contributed by atoms with E-state index in [1.165, 1.54) is 31.3 Å². The molecule has 0 fully saturated rings. The summed E-state index contributed by atoms with van der Waals surface area (Å²) in [5.41, 5.74) is 5.18. The van der Waals surface area contributed by atoms with Gasteiger partial charge in [0, 0.05) is 11.9 Å². The standard InChI is InChI=1S/C12H11F3N4/c1-7-2-3-8(6-9(7)12(13,14)15)18-11-17-5-4-10(16)19-11/h2-6H,1H3,(H3,16,17,18,19). The molecule has 1 heterocycles. The number of rotatable bonds is 2. The fourth-order valence-corrected chi connectivity index (χ4v) is 1.57. The number of alkyl halides is 3. The number of anilines is 3. The number of nitrogen functional groups attached to an aromatic ring is 1. The predicted molar refractivity (Wildman–Crippen MR) is 65.9 cm³/mol. The molecule has 19 heavy (non-hydrogen) atoms. The molecular weight excluding hydrogens is 257 g/mol. The Morgan fingerprint density at radius 3 is 2.58 bits per heavy atom. The molecule has 2 rings (SSSR count). The molecule has 7 heteroatoms. The van der Waals surface area contributed by atoms with Gasteiger partial charge in [-0.15, -0.1) is 0 Å². The molecule has 0 atom stereocenters. The van der Waals surface area contributed by atoms with Gasteiger partial charge in [0.2, 0.25) is 5.95 Å². The van der Waals surface area contributed by atoms with Gasteiger partial charge in [-0.25, -0.2) is 4.98 Å². The number of nitrogens with one attached hydrogen (secondary N) is 1. The number of benzene rings is 1. The lowest BCUT2D eigenvalue weighted by molar-refractivity contribution is -0.138. The first-order chi connectivity index (χ1) is 8.86. The van der Waals surface area contributed by atoms with Crippen LogP contribution in [0, 0.1) is 6.92 Å². The van der Waals surface area contributed by atoms with Crippen molar-refractivity contribution < 1.29 is 13.2 Å². The quantitative estimate of drug-likeness (QED) is 0.878. The van der Waals surface area contributed by atoms with Gasteiger partial charge in [0.15, 0.2) is 0 Å². The molecule has 3 N–H and O–H groups in total. The maximum Gasteiger partial charge on any atom is 0.416 e. The topological polar surface area (TPSA) is 63.8 Å². The van der Waals surface area contributed by atoms with E-state index in [9.17, 15) is 13.2 Å². The van der Waals surface area contributed by atoms with Crippen LogP contribution in [0.3, 0.4) is 0 Å². The molecule has 0 spiro atoms. The van der Waals surface area contributed by atoms with Crippen LogP contribution in [0.2, 0.25) is 0 Å². The summed E-state index contributed by atoms with van der Waals surface area (Å²) >= 11 is 0. The molecule has 0 unspecified atom stereocenters. The zero-order chi connectivity index (χ0) is 14.0. The monoisotopic (exact) mass is 268 g/mol. The van der Waals surface area contributed by atoms with E-state index in [-0.39, 0.29) is 23.0 Å². The smallest absolute Gasteiger partial charge is 0.384 e. The number of nitrogens with two attached hydrogens (primary N) is 1. The summed E-state index contributed by atoms with van der Waals surface area (Å²) in [5.74, 6) is 0.387. The summed E-state index contributed by atoms with van der Waals surface area (Å²) in [4.78, 5) is 7.72. The van der Waals surface area contributed by atoms with E-state index in [0.29, 0.717) is 0 Å². The third-order valence-corrected chi connectivity index (χ3v) is 2.48. The lowest BCUT2D eigenvalue weighted by Crippen LogP contribution is -2.08. The first-order valence-corrected chi connectivity index (χ1v) is 5.39. The van der Waals surface area contributed by atoms with Crippen LogP contribution in [0.15, 0.2) is 30.5 Å². The van der Waals surface area contributed by atoms with Crippen molar-refractivity contribution >= 4 is 17.5 Å². The van der Waals surface area contributed by atoms with Gasteiger partial charge >= 0.3 is 6.18 Å². The molecule has 0 aliphatic heterocycles. The predicted octanol–water partition coefficient (Wildman–Crippen LogP) is 3.13. The van der Waals surface area contributed by atoms with Crippen molar-refractivity contribution in [2.45, 2.75) is 13.1 Å². The minimum atomic E-state index is -4.39. The van der Waals surface area contributed by atoms with Crippen LogP contribution in [0.4, 0.5) is 30.6 Å². The summed E-state index contributed by atoms with van der Waals surface area (Å²) in [6.45, 7) is 1.41. The molecular formula is C12H11F3N4. The third kappa shape index (κ3) is 3.12. The highest BCUT2D eigenvalue weighted by atomic mass is 19.4. The van der Waals surface area contributed by atoms with Crippen LogP contribution in [0.25, 0.3) is 0 Å². The normalized spacial score (nSPS) is 11.4. The largest absolute Gasteiger partial charge is 0.416 e. The second-order valence-electron chi connectivity index (χ2n) is 3.96. The Kier molecular flexibility index (Phi) is 3.28. The summed E-state index contributed by atoms with van der Waals surface area (Å²) in [6.07, 6.45) is -2.97. The van der Waals surface area contributed by atoms with Crippen molar-refractivity contribution in [3.63, 3.8) is 0 Å². The minimum Gasteiger partial charge on any atom is -0.384 e. The van der Waals surface area contributed by atoms with E-state index < -0.39 is 11.7 Å². The van der Waals surface area contributed by atoms with Gasteiger partial charge in [-0.05, 0) is 30.7 Å². The Balaban J connectivity index is 2.32. The molecule has 0 aliphatic rings. The Hall–Kier alpha value is -2.31. The molecule has 4 nitrogen and oxygen atoms in total. The van der Waals surface area contributed by atoms with Crippen molar-refractivity contribution in [1.82, 2.24) is 9.97 Å². The SMILES string of the molecule is Cc1ccc(Nc2nccc(N)n2)cc1C(F)(F)F. The molecule has 0 saturated carbocycles. The van der Waals surface area contributed by atoms with Crippen molar-refractivity contribution in [3.05, 3.63) is 41.6 Å². The zero-order valence-electron chi connectivity index (χ0n) is 9.99. The van der Waals surface area contributed by atoms with Crippen LogP contribution in [-0.2, 0) is 6.18 Å². The lowest BCUT2D eigenvalue weighted by Gasteiger charge is -2.12. The van der Waals surface area contributed by atoms with Gasteiger partial charge in [0.05, 0.1) is 5.56 Å². The highest BCUT2D eigenvalue weighted by Crippen LogP contribution is 2.33. The second kappa shape index (κ2) is 4.75. The van der Waals surface area contributed by atoms with Gasteiger partial charge in [-0.1, -0.05) is 6.07 Å². The van der Waals surface area contributed by atoms with Gasteiger partial charge < -0.3 is 11.1 Å². The summed E-state index contributed by atoms with van der Waals surface area (Å²) in [6, 6.07) is 5.41. The highest BCUT2D eigenvalue weighted by molar-refractivity contribution is 5.57. The van der Waals surface area contributed by atoms with E-state index >= 15 is 0 Å². The van der Waals surface area contributed by atoms with E-state index in [2.05, 4.69) is 15.3 Å². The zero-order valence-corrected chi connectivity index (χ0v) is 9.99. The van der Waals surface area contributed by atoms with Crippen molar-refractivity contribution in [3.8, 4) is 0 Å². The molecule has 0 saturated heterocycles. The third-order valence-electron chi connectivity index (χ3n) is 2.48. The van der Waals surface area contributed by atoms with Crippen LogP contribution >= 0.6 is 0 Å². The fraction of sp³-hybridized carbons (Fsp3) is 0.167. The molecule has 0 aliphatic carbocycles. The van der Waals surface area contributed by atoms with Crippen molar-refractivity contribution in [1.29, 1.82) is 0 Å². The highest BCUT2D eigenvalue weighted by Gasteiger charge is 2.32. The molecule has 0 radical (unpaired) electrons. The van der Waals surface area contributed by atoms with Gasteiger partial charge in [0.1, 0.15) is 5.82 Å². The molecule has 100 valence electrons. The molecule has 0 bridgehead atoms. The van der Waals surface area contributed by atoms with E-state index in [4.69, 9.17) is 5.73 Å². The van der Waals surface area contributed by atoms with E-state index in [1.807, 2.05) is 0 Å². The van der Waals surface area contributed by atoms with Crippen LogP contribution in [0.5, 0.6) is 0 Å². The number of hydrogen-bond donors (Lipinski definition) is 2. The number of hydrogen-bond acceptors (Lipinski definition) is 4. The molecule has 1 aromatic carbocycles. The van der Waals surface area contributed by atoms with Crippen LogP contribution in [-0.4, -0.2) is 9.97 Å². The van der Waals surface area contributed by atoms with Crippen molar-refractivity contribution in [2.24, 2.45) is 0 Å². The average molecular weight is 268 g/mol. The summed E-state index contributed by atoms with van der Waals surface area (Å²) < 4.78 is 38.3. The lowest BCUT2D eigenvalue weighted by atomic mass is 10.1. The minimum absolute atomic E-state index is 0.150. The maximum atomic E-state index is 12.8. The van der Waals surface area contributed by atoms with Gasteiger partial charge in [-0.3, -0.25) is 0 Å². The number of aromatic nitrogens is 2. The molecule has 1 aromatic heterocycles. The summed E-state index contributed by atoms with van der Waals surface area (Å²) in [7, 11) is 0. The Labute approximate surface area is 107 Å². The first kappa shape index (κ1) is 13.1. The average Bonchev–Trinajstić information content (AvgIpc) is 2.30. The number of halogens is 3. The summed E-state index contributed by atoms with van der Waals surface area (Å²) in [5, 5.41) is 2.68. The van der Waals surface area contributed by atoms with E-state index in [0.717, 1.165) is 6.07 Å². The van der Waals surface area contributed by atoms with Gasteiger partial charge in [0.25, 0.3) is 0 Å². The van der Waals surface area contributed by atoms with Crippen LogP contribution < -0.4 is 11.1 Å². The van der Waals surface area contributed by atoms with Gasteiger partial charge in [-0.2, -0.15) is 18.2 Å². The maximum absolute atomic E-state index is 12.8.